The third-order valence-electron chi connectivity index (χ3n) is 4.19. The number of hydrogen-bond acceptors (Lipinski definition) is 5. The molecule has 3 amide bonds. The van der Waals surface area contributed by atoms with Crippen LogP contribution in [0.15, 0.2) is 30.5 Å². The van der Waals surface area contributed by atoms with Gasteiger partial charge in [0.25, 0.3) is 0 Å². The highest BCUT2D eigenvalue weighted by Gasteiger charge is 2.41. The SMILES string of the molecule is COc1ccnc(N2C[C@@H](C(=O)NCc3ccc(Cl)cc3Cl)N(C)C2=O)n1. The van der Waals surface area contributed by atoms with Crippen molar-refractivity contribution in [2.45, 2.75) is 12.6 Å². The van der Waals surface area contributed by atoms with Crippen LogP contribution in [0.5, 0.6) is 5.88 Å². The summed E-state index contributed by atoms with van der Waals surface area (Å²) >= 11 is 12.0. The van der Waals surface area contributed by atoms with E-state index < -0.39 is 6.04 Å². The van der Waals surface area contributed by atoms with E-state index in [2.05, 4.69) is 15.3 Å². The molecule has 2 aromatic rings. The van der Waals surface area contributed by atoms with Crippen molar-refractivity contribution >= 4 is 41.1 Å². The lowest BCUT2D eigenvalue weighted by atomic mass is 10.2. The highest BCUT2D eigenvalue weighted by Crippen LogP contribution is 2.23. The highest BCUT2D eigenvalue weighted by atomic mass is 35.5. The molecular formula is C17H17Cl2N5O3. The molecular weight excluding hydrogens is 393 g/mol. The Morgan fingerprint density at radius 1 is 1.37 bits per heavy atom. The van der Waals surface area contributed by atoms with Crippen LogP contribution in [0.3, 0.4) is 0 Å². The summed E-state index contributed by atoms with van der Waals surface area (Å²) in [4.78, 5) is 36.0. The Morgan fingerprint density at radius 3 is 2.85 bits per heavy atom. The molecule has 0 spiro atoms. The molecule has 1 N–H and O–H groups in total. The summed E-state index contributed by atoms with van der Waals surface area (Å²) in [5.41, 5.74) is 0.731. The zero-order chi connectivity index (χ0) is 19.6. The Balaban J connectivity index is 1.69. The van der Waals surface area contributed by atoms with Crippen molar-refractivity contribution in [2.75, 3.05) is 25.6 Å². The lowest BCUT2D eigenvalue weighted by Gasteiger charge is -2.17. The fourth-order valence-corrected chi connectivity index (χ4v) is 3.14. The molecule has 0 unspecified atom stereocenters. The van der Waals surface area contributed by atoms with Gasteiger partial charge < -0.3 is 15.0 Å². The predicted molar refractivity (Wildman–Crippen MR) is 101 cm³/mol. The number of likely N-dealkylation sites (N-methyl/N-ethyl adjacent to an activating group) is 1. The van der Waals surface area contributed by atoms with Crippen molar-refractivity contribution in [1.82, 2.24) is 20.2 Å². The van der Waals surface area contributed by atoms with Crippen molar-refractivity contribution in [2.24, 2.45) is 0 Å². The number of carbonyl (C=O) groups excluding carboxylic acids is 2. The van der Waals surface area contributed by atoms with E-state index >= 15 is 0 Å². The molecule has 10 heteroatoms. The van der Waals surface area contributed by atoms with Crippen LogP contribution >= 0.6 is 23.2 Å². The first-order valence-electron chi connectivity index (χ1n) is 8.03. The summed E-state index contributed by atoms with van der Waals surface area (Å²) in [6.07, 6.45) is 1.49. The van der Waals surface area contributed by atoms with Crippen LogP contribution in [0.2, 0.25) is 10.0 Å². The van der Waals surface area contributed by atoms with Gasteiger partial charge in [-0.25, -0.2) is 9.78 Å². The van der Waals surface area contributed by atoms with Crippen molar-refractivity contribution < 1.29 is 14.3 Å². The van der Waals surface area contributed by atoms with E-state index in [0.717, 1.165) is 5.56 Å². The average molecular weight is 410 g/mol. The molecule has 0 saturated carbocycles. The number of nitrogens with one attached hydrogen (secondary N) is 1. The molecule has 0 radical (unpaired) electrons. The maximum absolute atomic E-state index is 12.6. The molecule has 0 aliphatic carbocycles. The minimum atomic E-state index is -0.682. The number of anilines is 1. The van der Waals surface area contributed by atoms with Gasteiger partial charge in [-0.1, -0.05) is 29.3 Å². The number of halogens is 2. The Morgan fingerprint density at radius 2 is 2.15 bits per heavy atom. The number of urea groups is 1. The molecule has 27 heavy (non-hydrogen) atoms. The zero-order valence-corrected chi connectivity index (χ0v) is 16.2. The molecule has 1 atom stereocenters. The molecule has 1 aromatic carbocycles. The van der Waals surface area contributed by atoms with Crippen LogP contribution in [-0.2, 0) is 11.3 Å². The number of rotatable bonds is 5. The Hall–Kier alpha value is -2.58. The number of aromatic nitrogens is 2. The van der Waals surface area contributed by atoms with E-state index in [1.807, 2.05) is 0 Å². The summed E-state index contributed by atoms with van der Waals surface area (Å²) < 4.78 is 5.05. The summed E-state index contributed by atoms with van der Waals surface area (Å²) in [6, 6.07) is 5.57. The second-order valence-corrected chi connectivity index (χ2v) is 6.72. The van der Waals surface area contributed by atoms with Crippen molar-refractivity contribution in [3.63, 3.8) is 0 Å². The summed E-state index contributed by atoms with van der Waals surface area (Å²) in [6.45, 7) is 0.353. The number of ether oxygens (including phenoxy) is 1. The van der Waals surface area contributed by atoms with Gasteiger partial charge in [0.15, 0.2) is 0 Å². The molecule has 1 fully saturated rings. The van der Waals surface area contributed by atoms with Crippen LogP contribution in [0, 0.1) is 0 Å². The molecule has 1 aromatic heterocycles. The zero-order valence-electron chi connectivity index (χ0n) is 14.6. The van der Waals surface area contributed by atoms with E-state index in [-0.39, 0.29) is 31.0 Å². The lowest BCUT2D eigenvalue weighted by molar-refractivity contribution is -0.124. The molecule has 1 aliphatic rings. The van der Waals surface area contributed by atoms with Crippen LogP contribution in [0.25, 0.3) is 0 Å². The number of amides is 3. The Labute approximate surface area is 166 Å². The number of nitrogens with zero attached hydrogens (tertiary/aromatic N) is 4. The molecule has 1 saturated heterocycles. The smallest absolute Gasteiger partial charge is 0.327 e. The highest BCUT2D eigenvalue weighted by molar-refractivity contribution is 6.35. The Kier molecular flexibility index (Phi) is 5.67. The lowest BCUT2D eigenvalue weighted by Crippen LogP contribution is -2.43. The quantitative estimate of drug-likeness (QED) is 0.818. The van der Waals surface area contributed by atoms with Crippen LogP contribution < -0.4 is 15.0 Å². The van der Waals surface area contributed by atoms with Gasteiger partial charge in [-0.15, -0.1) is 0 Å². The standard InChI is InChI=1S/C17H17Cl2N5O3/c1-23-13(15(25)21-8-10-3-4-11(18)7-12(10)19)9-24(17(23)26)16-20-6-5-14(22-16)27-2/h3-7,13H,8-9H2,1-2H3,(H,21,25)/t13-/m0/s1. The van der Waals surface area contributed by atoms with Crippen LogP contribution in [0.1, 0.15) is 5.56 Å². The summed E-state index contributed by atoms with van der Waals surface area (Å²) in [7, 11) is 3.03. The first-order valence-corrected chi connectivity index (χ1v) is 8.79. The van der Waals surface area contributed by atoms with Crippen molar-refractivity contribution in [3.05, 3.63) is 46.1 Å². The first kappa shape index (κ1) is 19.2. The van der Waals surface area contributed by atoms with Gasteiger partial charge in [-0.05, 0) is 17.7 Å². The van der Waals surface area contributed by atoms with Crippen LogP contribution in [-0.4, -0.2) is 53.6 Å². The normalized spacial score (nSPS) is 16.6. The van der Waals surface area contributed by atoms with Gasteiger partial charge in [0, 0.05) is 35.9 Å². The topological polar surface area (TPSA) is 87.7 Å². The first-order chi connectivity index (χ1) is 12.9. The van der Waals surface area contributed by atoms with Gasteiger partial charge in [0.05, 0.1) is 13.7 Å². The van der Waals surface area contributed by atoms with Crippen molar-refractivity contribution in [1.29, 1.82) is 0 Å². The second-order valence-electron chi connectivity index (χ2n) is 5.87. The third-order valence-corrected chi connectivity index (χ3v) is 4.78. The van der Waals surface area contributed by atoms with Crippen molar-refractivity contribution in [3.8, 4) is 5.88 Å². The van der Waals surface area contributed by atoms with Gasteiger partial charge in [0.2, 0.25) is 17.7 Å². The minimum Gasteiger partial charge on any atom is -0.481 e. The number of benzene rings is 1. The van der Waals surface area contributed by atoms with Crippen LogP contribution in [0.4, 0.5) is 10.7 Å². The third kappa shape index (κ3) is 4.06. The molecule has 3 rings (SSSR count). The molecule has 0 bridgehead atoms. The molecule has 142 valence electrons. The Bertz CT molecular complexity index is 879. The van der Waals surface area contributed by atoms with Gasteiger partial charge in [-0.3, -0.25) is 9.69 Å². The predicted octanol–water partition coefficient (Wildman–Crippen LogP) is 2.35. The second kappa shape index (κ2) is 7.98. The maximum Gasteiger partial charge on any atom is 0.327 e. The average Bonchev–Trinajstić information content (AvgIpc) is 2.96. The number of carbonyl (C=O) groups is 2. The summed E-state index contributed by atoms with van der Waals surface area (Å²) in [5, 5.41) is 3.78. The van der Waals surface area contributed by atoms with E-state index in [9.17, 15) is 9.59 Å². The maximum atomic E-state index is 12.6. The van der Waals surface area contributed by atoms with Gasteiger partial charge in [-0.2, -0.15) is 4.98 Å². The number of hydrogen-bond donors (Lipinski definition) is 1. The minimum absolute atomic E-state index is 0.128. The summed E-state index contributed by atoms with van der Waals surface area (Å²) in [5.74, 6) is 0.213. The number of methoxy groups -OCH3 is 1. The fourth-order valence-electron chi connectivity index (χ4n) is 2.66. The van der Waals surface area contributed by atoms with E-state index in [4.69, 9.17) is 27.9 Å². The van der Waals surface area contributed by atoms with Gasteiger partial charge in [0.1, 0.15) is 6.04 Å². The molecule has 8 nitrogen and oxygen atoms in total. The fraction of sp³-hybridized carbons (Fsp3) is 0.294. The van der Waals surface area contributed by atoms with E-state index in [1.165, 1.54) is 23.1 Å². The van der Waals surface area contributed by atoms with E-state index in [0.29, 0.717) is 15.9 Å². The largest absolute Gasteiger partial charge is 0.481 e. The van der Waals surface area contributed by atoms with Gasteiger partial charge >= 0.3 is 6.03 Å². The van der Waals surface area contributed by atoms with E-state index in [1.54, 1.807) is 31.3 Å². The monoisotopic (exact) mass is 409 g/mol. The molecule has 2 heterocycles. The molecule has 1 aliphatic heterocycles.